The van der Waals surface area contributed by atoms with Crippen LogP contribution in [0.15, 0.2) is 0 Å². The summed E-state index contributed by atoms with van der Waals surface area (Å²) in [6.07, 6.45) is 5.41. The number of carboxylic acid groups (broad SMARTS) is 1. The van der Waals surface area contributed by atoms with Crippen LogP contribution in [0.5, 0.6) is 0 Å². The predicted molar refractivity (Wildman–Crippen MR) is 125 cm³/mol. The lowest BCUT2D eigenvalue weighted by Crippen LogP contribution is -2.22. The first kappa shape index (κ1) is 23.7. The lowest BCUT2D eigenvalue weighted by molar-refractivity contribution is -0.136. The van der Waals surface area contributed by atoms with Crippen molar-refractivity contribution in [3.05, 3.63) is 0 Å². The Bertz CT molecular complexity index is 394. The number of hydrogen-bond donors (Lipinski definition) is 1. The highest BCUT2D eigenvalue weighted by atomic mass is 33.1. The third-order valence-electron chi connectivity index (χ3n) is 3.54. The van der Waals surface area contributed by atoms with Crippen LogP contribution in [0.4, 0.5) is 0 Å². The molecule has 0 aromatic rings. The summed E-state index contributed by atoms with van der Waals surface area (Å²) in [6, 6.07) is 0. The number of hydrogen-bond acceptors (Lipinski definition) is 7. The summed E-state index contributed by atoms with van der Waals surface area (Å²) in [5.74, 6) is 1.50. The van der Waals surface area contributed by atoms with Gasteiger partial charge in [-0.2, -0.15) is 0 Å². The zero-order chi connectivity index (χ0) is 18.5. The lowest BCUT2D eigenvalue weighted by atomic mass is 10.4. The second-order valence-electron chi connectivity index (χ2n) is 5.48. The van der Waals surface area contributed by atoms with Gasteiger partial charge in [0, 0.05) is 44.1 Å². The van der Waals surface area contributed by atoms with Crippen LogP contribution in [-0.4, -0.2) is 67.2 Å². The van der Waals surface area contributed by atoms with Crippen LogP contribution in [0.3, 0.4) is 0 Å². The summed E-state index contributed by atoms with van der Waals surface area (Å²) < 4.78 is 2.13. The average molecular weight is 459 g/mol. The Kier molecular flexibility index (Phi) is 13.9. The molecule has 0 amide bonds. The first-order chi connectivity index (χ1) is 12.0. The van der Waals surface area contributed by atoms with E-state index in [9.17, 15) is 4.79 Å². The van der Waals surface area contributed by atoms with E-state index in [0.717, 1.165) is 46.3 Å². The van der Waals surface area contributed by atoms with Crippen LogP contribution in [0, 0.1) is 0 Å². The zero-order valence-corrected chi connectivity index (χ0v) is 19.4. The summed E-state index contributed by atoms with van der Waals surface area (Å²) >= 11 is 10.9. The fourth-order valence-corrected chi connectivity index (χ4v) is 7.84. The summed E-state index contributed by atoms with van der Waals surface area (Å²) in [5, 5.41) is 7.72. The molecule has 4 nitrogen and oxygen atoms in total. The summed E-state index contributed by atoms with van der Waals surface area (Å²) in [4.78, 5) is 14.0. The second kappa shape index (κ2) is 14.7. The van der Waals surface area contributed by atoms with Crippen molar-refractivity contribution in [2.75, 3.05) is 37.7 Å². The Morgan fingerprint density at radius 3 is 1.48 bits per heavy atom. The van der Waals surface area contributed by atoms with Gasteiger partial charge in [0.25, 0.3) is 0 Å². The van der Waals surface area contributed by atoms with Gasteiger partial charge in [-0.1, -0.05) is 52.9 Å². The maximum absolute atomic E-state index is 9.37. The van der Waals surface area contributed by atoms with Crippen LogP contribution < -0.4 is 0 Å². The molecule has 0 atom stereocenters. The number of nitrogens with zero attached hydrogens (tertiary/aromatic N) is 2. The Morgan fingerprint density at radius 1 is 0.880 bits per heavy atom. The van der Waals surface area contributed by atoms with E-state index in [2.05, 4.69) is 9.80 Å². The molecule has 144 valence electrons. The minimum atomic E-state index is -0.745. The molecule has 2 fully saturated rings. The van der Waals surface area contributed by atoms with Gasteiger partial charge < -0.3 is 14.9 Å². The van der Waals surface area contributed by atoms with Gasteiger partial charge in [0.1, 0.15) is 8.64 Å². The van der Waals surface area contributed by atoms with Gasteiger partial charge in [-0.15, -0.1) is 0 Å². The molecule has 0 radical (unpaired) electrons. The van der Waals surface area contributed by atoms with E-state index in [4.69, 9.17) is 29.5 Å². The van der Waals surface area contributed by atoms with Gasteiger partial charge in [-0.05, 0) is 47.3 Å². The van der Waals surface area contributed by atoms with Crippen LogP contribution in [0.1, 0.15) is 39.0 Å². The average Bonchev–Trinajstić information content (AvgIpc) is 3.31. The van der Waals surface area contributed by atoms with Crippen molar-refractivity contribution in [1.82, 2.24) is 9.80 Å². The van der Waals surface area contributed by atoms with E-state index in [1.165, 1.54) is 25.7 Å². The van der Waals surface area contributed by atoms with Gasteiger partial charge in [0.2, 0.25) is 0 Å². The SMILES string of the molecule is CCC(=O)O.S=C(SSCCSSC(=S)N1CCCC1)N1CCCC1. The van der Waals surface area contributed by atoms with E-state index in [1.54, 1.807) is 28.5 Å². The Hall–Kier alpha value is 0.650. The molecule has 1 N–H and O–H groups in total. The molecule has 2 aliphatic rings. The van der Waals surface area contributed by atoms with Crippen molar-refractivity contribution < 1.29 is 9.90 Å². The third-order valence-corrected chi connectivity index (χ3v) is 9.88. The molecule has 0 aromatic heterocycles. The van der Waals surface area contributed by atoms with E-state index in [1.807, 2.05) is 21.6 Å². The van der Waals surface area contributed by atoms with Crippen LogP contribution in [0.25, 0.3) is 0 Å². The number of carboxylic acids is 1. The number of thiocarbonyl (C=S) groups is 2. The molecular weight excluding hydrogens is 433 g/mol. The van der Waals surface area contributed by atoms with Crippen molar-refractivity contribution >= 4 is 82.2 Å². The normalized spacial score (nSPS) is 16.5. The monoisotopic (exact) mass is 458 g/mol. The van der Waals surface area contributed by atoms with Gasteiger partial charge in [0.15, 0.2) is 0 Å². The first-order valence-electron chi connectivity index (χ1n) is 8.43. The minimum Gasteiger partial charge on any atom is -0.481 e. The largest absolute Gasteiger partial charge is 0.481 e. The third kappa shape index (κ3) is 11.2. The molecule has 0 bridgehead atoms. The molecule has 2 rings (SSSR count). The quantitative estimate of drug-likeness (QED) is 0.334. The fourth-order valence-electron chi connectivity index (χ4n) is 2.16. The second-order valence-corrected chi connectivity index (χ2v) is 11.6. The molecule has 0 saturated carbocycles. The Morgan fingerprint density at radius 2 is 1.20 bits per heavy atom. The summed E-state index contributed by atoms with van der Waals surface area (Å²) in [7, 11) is 7.28. The Labute approximate surface area is 177 Å². The number of aliphatic carboxylic acids is 1. The van der Waals surface area contributed by atoms with E-state index in [-0.39, 0.29) is 6.42 Å². The highest BCUT2D eigenvalue weighted by molar-refractivity contribution is 8.85. The highest BCUT2D eigenvalue weighted by Crippen LogP contribution is 2.31. The summed E-state index contributed by atoms with van der Waals surface area (Å²) in [5.41, 5.74) is 0. The lowest BCUT2D eigenvalue weighted by Gasteiger charge is -2.17. The van der Waals surface area contributed by atoms with Crippen LogP contribution in [-0.2, 0) is 4.79 Å². The zero-order valence-electron chi connectivity index (χ0n) is 14.5. The maximum atomic E-state index is 9.37. The van der Waals surface area contributed by atoms with Crippen molar-refractivity contribution in [3.63, 3.8) is 0 Å². The fraction of sp³-hybridized carbons (Fsp3) is 0.800. The molecule has 0 unspecified atom stereocenters. The molecule has 10 heteroatoms. The van der Waals surface area contributed by atoms with E-state index < -0.39 is 5.97 Å². The van der Waals surface area contributed by atoms with E-state index >= 15 is 0 Å². The van der Waals surface area contributed by atoms with Gasteiger partial charge in [0.05, 0.1) is 0 Å². The molecule has 0 aromatic carbocycles. The molecule has 2 aliphatic heterocycles. The molecule has 2 saturated heterocycles. The predicted octanol–water partition coefficient (Wildman–Crippen LogP) is 4.99. The van der Waals surface area contributed by atoms with Crippen molar-refractivity contribution in [3.8, 4) is 0 Å². The molecule has 0 spiro atoms. The molecular formula is C15H26N2O2S6. The topological polar surface area (TPSA) is 43.8 Å². The highest BCUT2D eigenvalue weighted by Gasteiger charge is 2.16. The van der Waals surface area contributed by atoms with Crippen LogP contribution >= 0.6 is 67.6 Å². The van der Waals surface area contributed by atoms with Gasteiger partial charge >= 0.3 is 5.97 Å². The summed E-state index contributed by atoms with van der Waals surface area (Å²) in [6.45, 7) is 6.22. The maximum Gasteiger partial charge on any atom is 0.303 e. The van der Waals surface area contributed by atoms with Crippen LogP contribution in [0.2, 0.25) is 0 Å². The first-order valence-corrected chi connectivity index (χ1v) is 13.9. The number of carbonyl (C=O) groups is 1. The smallest absolute Gasteiger partial charge is 0.303 e. The Balaban J connectivity index is 0.000000550. The van der Waals surface area contributed by atoms with Crippen molar-refractivity contribution in [2.45, 2.75) is 39.0 Å². The molecule has 0 aliphatic carbocycles. The number of likely N-dealkylation sites (tertiary alicyclic amines) is 2. The standard InChI is InChI=1S/C12H20N2S6.C3H6O2/c15-11(13-5-1-2-6-13)19-17-9-10-18-20-12(16)14-7-3-4-8-14;1-2-3(4)5/h1-10H2;2H2,1H3,(H,4,5). The van der Waals surface area contributed by atoms with Crippen molar-refractivity contribution in [2.24, 2.45) is 0 Å². The molecule has 25 heavy (non-hydrogen) atoms. The number of rotatable bonds is 6. The van der Waals surface area contributed by atoms with Crippen molar-refractivity contribution in [1.29, 1.82) is 0 Å². The minimum absolute atomic E-state index is 0.222. The van der Waals surface area contributed by atoms with Gasteiger partial charge in [-0.25, -0.2) is 0 Å². The van der Waals surface area contributed by atoms with E-state index in [0.29, 0.717) is 0 Å². The van der Waals surface area contributed by atoms with Gasteiger partial charge in [-0.3, -0.25) is 4.79 Å². The molecule has 2 heterocycles.